The zero-order valence-electron chi connectivity index (χ0n) is 15.0. The van der Waals surface area contributed by atoms with E-state index in [0.717, 1.165) is 10.8 Å². The first-order valence-corrected chi connectivity index (χ1v) is 8.37. The Bertz CT molecular complexity index is 820. The molecule has 0 saturated heterocycles. The third-order valence-corrected chi connectivity index (χ3v) is 4.08. The minimum atomic E-state index is -0.182. The maximum absolute atomic E-state index is 12.0. The summed E-state index contributed by atoms with van der Waals surface area (Å²) >= 11 is 0. The molecule has 25 heavy (non-hydrogen) atoms. The standard InChI is InChI=1S/C14H11NO2.C8H12/c1-2-15-13(16)11-7-9-5-3-4-6-10(9)8-12(11)14(15)17;1-4-7-8(5-2)6-3/h3-8H,2H2,1H3;4-7H,2H2,1,3H3/b;7-4-,8-6-. The fraction of sp³-hybridized carbons (Fsp3) is 0.182. The lowest BCUT2D eigenvalue weighted by Crippen LogP contribution is -2.29. The molecule has 0 aliphatic carbocycles. The van der Waals surface area contributed by atoms with Crippen molar-refractivity contribution in [2.75, 3.05) is 6.54 Å². The number of hydrogen-bond donors (Lipinski definition) is 0. The van der Waals surface area contributed by atoms with Crippen molar-refractivity contribution in [1.29, 1.82) is 0 Å². The van der Waals surface area contributed by atoms with Gasteiger partial charge < -0.3 is 0 Å². The van der Waals surface area contributed by atoms with E-state index >= 15 is 0 Å². The van der Waals surface area contributed by atoms with Crippen LogP contribution in [-0.2, 0) is 0 Å². The number of nitrogens with zero attached hydrogens (tertiary/aromatic N) is 1. The summed E-state index contributed by atoms with van der Waals surface area (Å²) in [5, 5.41) is 1.98. The van der Waals surface area contributed by atoms with Gasteiger partial charge >= 0.3 is 0 Å². The van der Waals surface area contributed by atoms with Crippen molar-refractivity contribution in [1.82, 2.24) is 4.90 Å². The molecule has 0 N–H and O–H groups in total. The highest BCUT2D eigenvalue weighted by Crippen LogP contribution is 2.27. The van der Waals surface area contributed by atoms with Crippen molar-refractivity contribution in [3.05, 3.63) is 84.0 Å². The van der Waals surface area contributed by atoms with E-state index in [1.54, 1.807) is 19.1 Å². The normalized spacial score (nSPS) is 13.9. The summed E-state index contributed by atoms with van der Waals surface area (Å²) in [5.74, 6) is -0.364. The summed E-state index contributed by atoms with van der Waals surface area (Å²) in [6, 6.07) is 11.4. The molecule has 1 heterocycles. The van der Waals surface area contributed by atoms with Gasteiger partial charge in [-0.15, -0.1) is 0 Å². The second-order valence-electron chi connectivity index (χ2n) is 5.59. The number of allylic oxidation sites excluding steroid dienone is 5. The van der Waals surface area contributed by atoms with E-state index in [-0.39, 0.29) is 11.8 Å². The lowest BCUT2D eigenvalue weighted by atomic mass is 10.0. The number of hydrogen-bond acceptors (Lipinski definition) is 2. The molecule has 2 aromatic carbocycles. The number of imide groups is 1. The van der Waals surface area contributed by atoms with E-state index in [1.807, 2.05) is 62.4 Å². The first kappa shape index (κ1) is 18.4. The van der Waals surface area contributed by atoms with Crippen LogP contribution in [0.5, 0.6) is 0 Å². The second-order valence-corrected chi connectivity index (χ2v) is 5.59. The first-order chi connectivity index (χ1) is 12.1. The van der Waals surface area contributed by atoms with Crippen LogP contribution in [0.3, 0.4) is 0 Å². The Morgan fingerprint density at radius 3 is 1.88 bits per heavy atom. The predicted octanol–water partition coefficient (Wildman–Crippen LogP) is 5.15. The van der Waals surface area contributed by atoms with Crippen LogP contribution >= 0.6 is 0 Å². The van der Waals surface area contributed by atoms with E-state index in [1.165, 1.54) is 10.5 Å². The molecule has 2 amide bonds. The predicted molar refractivity (Wildman–Crippen MR) is 104 cm³/mol. The molecule has 0 saturated carbocycles. The Hall–Kier alpha value is -2.94. The van der Waals surface area contributed by atoms with Crippen LogP contribution in [-0.4, -0.2) is 23.3 Å². The minimum absolute atomic E-state index is 0.182. The maximum Gasteiger partial charge on any atom is 0.261 e. The van der Waals surface area contributed by atoms with Gasteiger partial charge in [0.05, 0.1) is 11.1 Å². The lowest BCUT2D eigenvalue weighted by molar-refractivity contribution is 0.0663. The molecule has 3 nitrogen and oxygen atoms in total. The highest BCUT2D eigenvalue weighted by molar-refractivity contribution is 6.23. The van der Waals surface area contributed by atoms with E-state index in [0.29, 0.717) is 17.7 Å². The summed E-state index contributed by atoms with van der Waals surface area (Å²) in [4.78, 5) is 25.3. The summed E-state index contributed by atoms with van der Waals surface area (Å²) in [6.07, 6.45) is 7.87. The van der Waals surface area contributed by atoms with Gasteiger partial charge in [0.15, 0.2) is 0 Å². The molecule has 0 aromatic heterocycles. The third-order valence-electron chi connectivity index (χ3n) is 4.08. The number of fused-ring (bicyclic) bond motifs is 2. The quantitative estimate of drug-likeness (QED) is 0.575. The third kappa shape index (κ3) is 3.77. The fourth-order valence-corrected chi connectivity index (χ4v) is 2.74. The van der Waals surface area contributed by atoms with Crippen LogP contribution in [0, 0.1) is 0 Å². The van der Waals surface area contributed by atoms with Crippen molar-refractivity contribution in [3.8, 4) is 0 Å². The number of amides is 2. The molecule has 3 rings (SSSR count). The van der Waals surface area contributed by atoms with Crippen molar-refractivity contribution < 1.29 is 9.59 Å². The molecule has 2 aromatic rings. The van der Waals surface area contributed by atoms with Crippen molar-refractivity contribution in [3.63, 3.8) is 0 Å². The molecular weight excluding hydrogens is 310 g/mol. The maximum atomic E-state index is 12.0. The molecule has 0 unspecified atom stereocenters. The van der Waals surface area contributed by atoms with E-state index in [9.17, 15) is 9.59 Å². The van der Waals surface area contributed by atoms with Crippen LogP contribution in [0.15, 0.2) is 72.9 Å². The highest BCUT2D eigenvalue weighted by atomic mass is 16.2. The molecule has 1 aliphatic heterocycles. The van der Waals surface area contributed by atoms with E-state index in [4.69, 9.17) is 0 Å². The van der Waals surface area contributed by atoms with Gasteiger partial charge in [-0.25, -0.2) is 0 Å². The summed E-state index contributed by atoms with van der Waals surface area (Å²) < 4.78 is 0. The number of benzene rings is 2. The lowest BCUT2D eigenvalue weighted by Gasteiger charge is -2.08. The Morgan fingerprint density at radius 1 is 1.04 bits per heavy atom. The zero-order valence-corrected chi connectivity index (χ0v) is 15.0. The number of rotatable bonds is 3. The van der Waals surface area contributed by atoms with E-state index < -0.39 is 0 Å². The zero-order chi connectivity index (χ0) is 18.4. The molecule has 0 fully saturated rings. The SMILES string of the molecule is C=CC(/C=C\C)=C/C.CCN1C(=O)c2cc3ccccc3cc2C1=O. The van der Waals surface area contributed by atoms with Gasteiger partial charge in [-0.2, -0.15) is 0 Å². The van der Waals surface area contributed by atoms with Crippen LogP contribution in [0.2, 0.25) is 0 Å². The number of carbonyl (C=O) groups is 2. The fourth-order valence-electron chi connectivity index (χ4n) is 2.74. The van der Waals surface area contributed by atoms with Gasteiger partial charge in [0, 0.05) is 6.54 Å². The summed E-state index contributed by atoms with van der Waals surface area (Å²) in [5.41, 5.74) is 2.22. The van der Waals surface area contributed by atoms with Gasteiger partial charge in [-0.3, -0.25) is 14.5 Å². The summed E-state index contributed by atoms with van der Waals surface area (Å²) in [6.45, 7) is 9.85. The Balaban J connectivity index is 0.000000242. The largest absolute Gasteiger partial charge is 0.275 e. The minimum Gasteiger partial charge on any atom is -0.275 e. The average molecular weight is 333 g/mol. The Morgan fingerprint density at radius 2 is 1.56 bits per heavy atom. The monoisotopic (exact) mass is 333 g/mol. The highest BCUT2D eigenvalue weighted by Gasteiger charge is 2.34. The van der Waals surface area contributed by atoms with Gasteiger partial charge in [-0.05, 0) is 49.2 Å². The van der Waals surface area contributed by atoms with Crippen LogP contribution in [0.4, 0.5) is 0 Å². The molecule has 1 aliphatic rings. The molecule has 0 radical (unpaired) electrons. The second kappa shape index (κ2) is 8.25. The van der Waals surface area contributed by atoms with Crippen molar-refractivity contribution in [2.24, 2.45) is 0 Å². The van der Waals surface area contributed by atoms with E-state index in [2.05, 4.69) is 6.58 Å². The molecular formula is C22H23NO2. The summed E-state index contributed by atoms with van der Waals surface area (Å²) in [7, 11) is 0. The van der Waals surface area contributed by atoms with Gasteiger partial charge in [-0.1, -0.05) is 55.1 Å². The van der Waals surface area contributed by atoms with Gasteiger partial charge in [0.25, 0.3) is 11.8 Å². The van der Waals surface area contributed by atoms with Crippen molar-refractivity contribution in [2.45, 2.75) is 20.8 Å². The number of carbonyl (C=O) groups excluding carboxylic acids is 2. The molecule has 0 bridgehead atoms. The average Bonchev–Trinajstić information content (AvgIpc) is 2.88. The topological polar surface area (TPSA) is 37.4 Å². The van der Waals surface area contributed by atoms with Crippen LogP contribution < -0.4 is 0 Å². The Kier molecular flexibility index (Phi) is 6.07. The van der Waals surface area contributed by atoms with Gasteiger partial charge in [0.1, 0.15) is 0 Å². The van der Waals surface area contributed by atoms with Crippen LogP contribution in [0.1, 0.15) is 41.5 Å². The molecule has 0 spiro atoms. The van der Waals surface area contributed by atoms with Crippen molar-refractivity contribution >= 4 is 22.6 Å². The van der Waals surface area contributed by atoms with Crippen LogP contribution in [0.25, 0.3) is 10.8 Å². The molecule has 128 valence electrons. The molecule has 0 atom stereocenters. The molecule has 3 heteroatoms. The smallest absolute Gasteiger partial charge is 0.261 e. The van der Waals surface area contributed by atoms with Gasteiger partial charge in [0.2, 0.25) is 0 Å². The first-order valence-electron chi connectivity index (χ1n) is 8.37. The Labute approximate surface area is 149 Å².